The van der Waals surface area contributed by atoms with Gasteiger partial charge in [0.2, 0.25) is 0 Å². The van der Waals surface area contributed by atoms with E-state index in [2.05, 4.69) is 20.4 Å². The first kappa shape index (κ1) is 16.8. The molecule has 0 amide bonds. The molecule has 0 spiro atoms. The Balaban J connectivity index is 0.000000331. The van der Waals surface area contributed by atoms with Gasteiger partial charge in [0.05, 0.1) is 0 Å². The minimum Gasteiger partial charge on any atom is -0.508 e. The van der Waals surface area contributed by atoms with Gasteiger partial charge >= 0.3 is 0 Å². The summed E-state index contributed by atoms with van der Waals surface area (Å²) in [6.45, 7) is 8.10. The van der Waals surface area contributed by atoms with Crippen LogP contribution in [0.1, 0.15) is 57.9 Å². The van der Waals surface area contributed by atoms with Gasteiger partial charge in [-0.15, -0.1) is 6.58 Å². The molecule has 0 aromatic heterocycles. The van der Waals surface area contributed by atoms with Crippen LogP contribution in [0, 0.1) is 0 Å². The summed E-state index contributed by atoms with van der Waals surface area (Å²) in [4.78, 5) is 0. The fourth-order valence-corrected chi connectivity index (χ4v) is 1.69. The Labute approximate surface area is 113 Å². The van der Waals surface area contributed by atoms with Crippen molar-refractivity contribution in [3.63, 3.8) is 0 Å². The predicted octanol–water partition coefficient (Wildman–Crippen LogP) is 5.49. The highest BCUT2D eigenvalue weighted by Gasteiger charge is 1.93. The van der Waals surface area contributed by atoms with Crippen LogP contribution < -0.4 is 0 Å². The predicted molar refractivity (Wildman–Crippen MR) is 81.1 cm³/mol. The van der Waals surface area contributed by atoms with Crippen LogP contribution in [0.4, 0.5) is 0 Å². The van der Waals surface area contributed by atoms with Crippen LogP contribution in [0.5, 0.6) is 5.75 Å². The number of phenolic OH excluding ortho intramolecular Hbond substituents is 1. The average Bonchev–Trinajstić information content (AvgIpc) is 2.39. The Kier molecular flexibility index (Phi) is 11.4. The number of benzene rings is 1. The maximum absolute atomic E-state index is 9.19. The highest BCUT2D eigenvalue weighted by molar-refractivity contribution is 5.32. The first-order valence-electron chi connectivity index (χ1n) is 7.14. The van der Waals surface area contributed by atoms with Gasteiger partial charge in [-0.3, -0.25) is 0 Å². The first-order chi connectivity index (χ1) is 8.76. The molecule has 0 radical (unpaired) electrons. The van der Waals surface area contributed by atoms with Gasteiger partial charge in [-0.25, -0.2) is 0 Å². The van der Waals surface area contributed by atoms with Crippen LogP contribution in [0.25, 0.3) is 0 Å². The van der Waals surface area contributed by atoms with Crippen LogP contribution in [0.2, 0.25) is 0 Å². The lowest BCUT2D eigenvalue weighted by atomic mass is 10.1. The summed E-state index contributed by atoms with van der Waals surface area (Å²) < 4.78 is 0. The van der Waals surface area contributed by atoms with Crippen LogP contribution in [-0.4, -0.2) is 5.11 Å². The van der Waals surface area contributed by atoms with Gasteiger partial charge in [-0.2, -0.15) is 0 Å². The van der Waals surface area contributed by atoms with Crippen LogP contribution in [0.3, 0.4) is 0 Å². The van der Waals surface area contributed by atoms with Crippen LogP contribution in [-0.2, 0) is 6.42 Å². The molecule has 1 aromatic carbocycles. The zero-order chi connectivity index (χ0) is 13.6. The third kappa shape index (κ3) is 8.86. The van der Waals surface area contributed by atoms with Crippen molar-refractivity contribution in [3.8, 4) is 5.75 Å². The second-order valence-electron chi connectivity index (χ2n) is 4.54. The summed E-state index contributed by atoms with van der Waals surface area (Å²) >= 11 is 0. The molecule has 0 saturated heterocycles. The van der Waals surface area contributed by atoms with E-state index in [4.69, 9.17) is 0 Å². The molecule has 102 valence electrons. The van der Waals surface area contributed by atoms with Crippen molar-refractivity contribution in [3.05, 3.63) is 42.5 Å². The molecule has 1 N–H and O–H groups in total. The van der Waals surface area contributed by atoms with Gasteiger partial charge in [0.1, 0.15) is 5.75 Å². The smallest absolute Gasteiger partial charge is 0.119 e. The molecule has 0 aliphatic carbocycles. The van der Waals surface area contributed by atoms with Crippen LogP contribution >= 0.6 is 0 Å². The molecule has 0 bridgehead atoms. The topological polar surface area (TPSA) is 20.2 Å². The lowest BCUT2D eigenvalue weighted by molar-refractivity contribution is 0.470. The lowest BCUT2D eigenvalue weighted by Crippen LogP contribution is -1.79. The zero-order valence-corrected chi connectivity index (χ0v) is 12.0. The second kappa shape index (κ2) is 12.2. The Hall–Kier alpha value is -1.24. The highest BCUT2D eigenvalue weighted by atomic mass is 16.3. The van der Waals surface area contributed by atoms with Gasteiger partial charge in [-0.05, 0) is 18.1 Å². The molecule has 18 heavy (non-hydrogen) atoms. The molecule has 0 unspecified atom stereocenters. The number of allylic oxidation sites excluding steroid dienone is 1. The summed E-state index contributed by atoms with van der Waals surface area (Å²) in [6.07, 6.45) is 11.0. The molecule has 0 heterocycles. The summed E-state index contributed by atoms with van der Waals surface area (Å²) in [7, 11) is 0. The number of phenols is 1. The maximum atomic E-state index is 9.19. The van der Waals surface area contributed by atoms with E-state index in [9.17, 15) is 5.11 Å². The van der Waals surface area contributed by atoms with Crippen molar-refractivity contribution in [2.45, 2.75) is 58.8 Å². The van der Waals surface area contributed by atoms with Crippen molar-refractivity contribution < 1.29 is 5.11 Å². The van der Waals surface area contributed by atoms with Crippen molar-refractivity contribution in [2.75, 3.05) is 0 Å². The van der Waals surface area contributed by atoms with Crippen molar-refractivity contribution >= 4 is 0 Å². The number of rotatable bonds is 7. The average molecular weight is 248 g/mol. The normalized spacial score (nSPS) is 9.44. The molecule has 1 rings (SSSR count). The SMILES string of the molecule is C=CCc1ccccc1O.CCCCCCCC. The van der Waals surface area contributed by atoms with Crippen LogP contribution in [0.15, 0.2) is 36.9 Å². The number of para-hydroxylation sites is 1. The molecular formula is C17H28O. The zero-order valence-electron chi connectivity index (χ0n) is 12.0. The summed E-state index contributed by atoms with van der Waals surface area (Å²) in [5, 5.41) is 9.19. The third-order valence-corrected chi connectivity index (χ3v) is 2.81. The lowest BCUT2D eigenvalue weighted by Gasteiger charge is -1.97. The molecule has 0 aliphatic rings. The van der Waals surface area contributed by atoms with E-state index in [0.29, 0.717) is 5.75 Å². The van der Waals surface area contributed by atoms with Gasteiger partial charge in [-0.1, -0.05) is 76.6 Å². The number of aromatic hydroxyl groups is 1. The van der Waals surface area contributed by atoms with E-state index in [1.807, 2.05) is 18.2 Å². The highest BCUT2D eigenvalue weighted by Crippen LogP contribution is 2.15. The summed E-state index contributed by atoms with van der Waals surface area (Å²) in [5.41, 5.74) is 0.928. The van der Waals surface area contributed by atoms with E-state index in [0.717, 1.165) is 12.0 Å². The van der Waals surface area contributed by atoms with Crippen molar-refractivity contribution in [1.29, 1.82) is 0 Å². The Bertz CT molecular complexity index is 298. The maximum Gasteiger partial charge on any atom is 0.119 e. The number of unbranched alkanes of at least 4 members (excludes halogenated alkanes) is 5. The fourth-order valence-electron chi connectivity index (χ4n) is 1.69. The molecule has 0 fully saturated rings. The molecule has 0 atom stereocenters. The molecular weight excluding hydrogens is 220 g/mol. The molecule has 1 nitrogen and oxygen atoms in total. The molecule has 0 saturated carbocycles. The monoisotopic (exact) mass is 248 g/mol. The van der Waals surface area contributed by atoms with E-state index < -0.39 is 0 Å². The van der Waals surface area contributed by atoms with E-state index in [1.54, 1.807) is 12.1 Å². The Morgan fingerprint density at radius 3 is 2.00 bits per heavy atom. The quantitative estimate of drug-likeness (QED) is 0.500. The second-order valence-corrected chi connectivity index (χ2v) is 4.54. The summed E-state index contributed by atoms with van der Waals surface area (Å²) in [6, 6.07) is 7.27. The van der Waals surface area contributed by atoms with Crippen molar-refractivity contribution in [1.82, 2.24) is 0 Å². The van der Waals surface area contributed by atoms with Crippen molar-refractivity contribution in [2.24, 2.45) is 0 Å². The van der Waals surface area contributed by atoms with Gasteiger partial charge in [0, 0.05) is 0 Å². The standard InChI is InChI=1S/C9H10O.C8H18/c1-2-5-8-6-3-4-7-9(8)10;1-3-5-7-8-6-4-2/h2-4,6-7,10H,1,5H2;3-8H2,1-2H3. The molecule has 1 heteroatoms. The first-order valence-corrected chi connectivity index (χ1v) is 7.14. The Morgan fingerprint density at radius 2 is 1.56 bits per heavy atom. The molecule has 0 aliphatic heterocycles. The van der Waals surface area contributed by atoms with E-state index >= 15 is 0 Å². The van der Waals surface area contributed by atoms with Gasteiger partial charge < -0.3 is 5.11 Å². The number of hydrogen-bond acceptors (Lipinski definition) is 1. The largest absolute Gasteiger partial charge is 0.508 e. The third-order valence-electron chi connectivity index (χ3n) is 2.81. The number of hydrogen-bond donors (Lipinski definition) is 1. The Morgan fingerprint density at radius 1 is 1.00 bits per heavy atom. The minimum atomic E-state index is 0.349. The fraction of sp³-hybridized carbons (Fsp3) is 0.529. The molecule has 1 aromatic rings. The summed E-state index contributed by atoms with van der Waals surface area (Å²) in [5.74, 6) is 0.349. The minimum absolute atomic E-state index is 0.349. The van der Waals surface area contributed by atoms with Gasteiger partial charge in [0.25, 0.3) is 0 Å². The van der Waals surface area contributed by atoms with Gasteiger partial charge in [0.15, 0.2) is 0 Å². The van der Waals surface area contributed by atoms with E-state index in [-0.39, 0.29) is 0 Å². The van der Waals surface area contributed by atoms with E-state index in [1.165, 1.54) is 38.5 Å².